The second-order valence-electron chi connectivity index (χ2n) is 5.69. The van der Waals surface area contributed by atoms with Gasteiger partial charge in [0.05, 0.1) is 11.2 Å². The summed E-state index contributed by atoms with van der Waals surface area (Å²) < 4.78 is 5.66. The lowest BCUT2D eigenvalue weighted by molar-refractivity contribution is 0.264. The third-order valence-corrected chi connectivity index (χ3v) is 3.38. The summed E-state index contributed by atoms with van der Waals surface area (Å²) in [7, 11) is 0. The molecule has 0 saturated heterocycles. The molecule has 1 unspecified atom stereocenters. The minimum atomic E-state index is -0.764. The van der Waals surface area contributed by atoms with E-state index < -0.39 is 5.54 Å². The van der Waals surface area contributed by atoms with Crippen molar-refractivity contribution >= 4 is 17.8 Å². The number of ether oxygens (including phenoxy) is 1. The fourth-order valence-electron chi connectivity index (χ4n) is 2.31. The molecule has 1 aliphatic carbocycles. The van der Waals surface area contributed by atoms with Crippen molar-refractivity contribution in [2.24, 2.45) is 10.7 Å². The number of rotatable bonds is 1. The van der Waals surface area contributed by atoms with Crippen LogP contribution in [0.25, 0.3) is 6.08 Å². The van der Waals surface area contributed by atoms with Crippen LogP contribution < -0.4 is 11.5 Å². The molecule has 6 heteroatoms. The average molecular weight is 259 g/mol. The second-order valence-corrected chi connectivity index (χ2v) is 5.69. The van der Waals surface area contributed by atoms with E-state index in [1.54, 1.807) is 0 Å². The van der Waals surface area contributed by atoms with Gasteiger partial charge in [-0.1, -0.05) is 6.08 Å². The van der Waals surface area contributed by atoms with Crippen LogP contribution in [0.2, 0.25) is 0 Å². The number of nitrogens with two attached hydrogens (primary N) is 2. The molecule has 0 fully saturated rings. The molecule has 4 N–H and O–H groups in total. The van der Waals surface area contributed by atoms with E-state index in [1.807, 2.05) is 26.0 Å². The van der Waals surface area contributed by atoms with Gasteiger partial charge >= 0.3 is 0 Å². The van der Waals surface area contributed by atoms with E-state index in [-0.39, 0.29) is 5.54 Å². The quantitative estimate of drug-likeness (QED) is 0.766. The Labute approximate surface area is 111 Å². The maximum Gasteiger partial charge on any atom is 0.209 e. The molecule has 6 nitrogen and oxygen atoms in total. The molecule has 2 aliphatic rings. The van der Waals surface area contributed by atoms with Gasteiger partial charge in [-0.3, -0.25) is 0 Å². The van der Waals surface area contributed by atoms with Crippen molar-refractivity contribution in [2.75, 3.05) is 12.3 Å². The van der Waals surface area contributed by atoms with Crippen LogP contribution in [0.15, 0.2) is 17.4 Å². The van der Waals surface area contributed by atoms with Crippen LogP contribution in [0.1, 0.15) is 25.1 Å². The smallest absolute Gasteiger partial charge is 0.209 e. The molecule has 0 saturated carbocycles. The lowest BCUT2D eigenvalue weighted by Gasteiger charge is -2.29. The third kappa shape index (κ3) is 1.98. The minimum absolute atomic E-state index is 0.228. The maximum atomic E-state index is 6.42. The normalized spacial score (nSPS) is 27.6. The summed E-state index contributed by atoms with van der Waals surface area (Å²) >= 11 is 0. The monoisotopic (exact) mass is 259 g/mol. The summed E-state index contributed by atoms with van der Waals surface area (Å²) in [5.41, 5.74) is 13.0. The summed E-state index contributed by atoms with van der Waals surface area (Å²) in [6.07, 6.45) is 5.69. The fourth-order valence-corrected chi connectivity index (χ4v) is 2.31. The number of hydrogen-bond donors (Lipinski definition) is 2. The van der Waals surface area contributed by atoms with Crippen molar-refractivity contribution in [3.63, 3.8) is 0 Å². The highest BCUT2D eigenvalue weighted by Gasteiger charge is 2.40. The molecule has 1 aromatic heterocycles. The van der Waals surface area contributed by atoms with Gasteiger partial charge in [-0.25, -0.2) is 15.0 Å². The van der Waals surface area contributed by atoms with Gasteiger partial charge in [-0.2, -0.15) is 0 Å². The molecule has 0 aromatic carbocycles. The van der Waals surface area contributed by atoms with Gasteiger partial charge in [0.1, 0.15) is 24.3 Å². The maximum absolute atomic E-state index is 6.42. The Hall–Kier alpha value is -1.95. The summed E-state index contributed by atoms with van der Waals surface area (Å²) in [4.78, 5) is 12.8. The Morgan fingerprint density at radius 3 is 2.79 bits per heavy atom. The predicted octanol–water partition coefficient (Wildman–Crippen LogP) is 0.533. The van der Waals surface area contributed by atoms with E-state index >= 15 is 0 Å². The lowest BCUT2D eigenvalue weighted by atomic mass is 9.86. The number of aliphatic imine (C=N–C) groups is 1. The number of hydrogen-bond acceptors (Lipinski definition) is 6. The largest absolute Gasteiger partial charge is 0.477 e. The van der Waals surface area contributed by atoms with Crippen molar-refractivity contribution in [1.82, 2.24) is 9.97 Å². The molecular formula is C13H17N5O. The van der Waals surface area contributed by atoms with Crippen LogP contribution in [-0.2, 0) is 11.2 Å². The topological polar surface area (TPSA) is 99.4 Å². The highest BCUT2D eigenvalue weighted by Crippen LogP contribution is 2.30. The Balaban J connectivity index is 2.00. The van der Waals surface area contributed by atoms with E-state index in [9.17, 15) is 0 Å². The van der Waals surface area contributed by atoms with Crippen LogP contribution in [-0.4, -0.2) is 33.6 Å². The molecule has 19 heavy (non-hydrogen) atoms. The third-order valence-electron chi connectivity index (χ3n) is 3.38. The van der Waals surface area contributed by atoms with E-state index in [0.717, 1.165) is 11.3 Å². The lowest BCUT2D eigenvalue weighted by Crippen LogP contribution is -2.49. The van der Waals surface area contributed by atoms with Crippen molar-refractivity contribution in [3.8, 4) is 0 Å². The number of fused-ring (bicyclic) bond motifs is 1. The molecule has 0 radical (unpaired) electrons. The van der Waals surface area contributed by atoms with Crippen LogP contribution in [0.4, 0.5) is 5.82 Å². The summed E-state index contributed by atoms with van der Waals surface area (Å²) in [5.74, 6) is 1.02. The second kappa shape index (κ2) is 3.77. The first kappa shape index (κ1) is 12.1. The van der Waals surface area contributed by atoms with Crippen LogP contribution >= 0.6 is 0 Å². The standard InChI is InChI=1S/C13H17N5O/c1-12(2)6-19-11(18-12)13(15)4-3-9-8(5-13)10(14)17-7-16-9/h3-4,7H,5-6,15H2,1-2H3,(H2,14,16,17). The molecule has 3 rings (SSSR count). The zero-order chi connectivity index (χ0) is 13.7. The molecule has 2 heterocycles. The molecule has 0 bridgehead atoms. The van der Waals surface area contributed by atoms with Crippen molar-refractivity contribution in [2.45, 2.75) is 31.3 Å². The highest BCUT2D eigenvalue weighted by molar-refractivity contribution is 5.92. The van der Waals surface area contributed by atoms with Crippen LogP contribution in [0, 0.1) is 0 Å². The van der Waals surface area contributed by atoms with E-state index in [0.29, 0.717) is 24.7 Å². The molecule has 1 atom stereocenters. The summed E-state index contributed by atoms with van der Waals surface area (Å²) in [6, 6.07) is 0. The van der Waals surface area contributed by atoms with Gasteiger partial charge < -0.3 is 16.2 Å². The predicted molar refractivity (Wildman–Crippen MR) is 73.6 cm³/mol. The van der Waals surface area contributed by atoms with Crippen LogP contribution in [0.3, 0.4) is 0 Å². The van der Waals surface area contributed by atoms with Gasteiger partial charge in [-0.05, 0) is 19.9 Å². The van der Waals surface area contributed by atoms with E-state index in [2.05, 4.69) is 15.0 Å². The van der Waals surface area contributed by atoms with Gasteiger partial charge in [0.2, 0.25) is 5.90 Å². The Bertz CT molecular complexity index is 593. The Morgan fingerprint density at radius 2 is 2.11 bits per heavy atom. The highest BCUT2D eigenvalue weighted by atomic mass is 16.5. The number of anilines is 1. The Morgan fingerprint density at radius 1 is 1.32 bits per heavy atom. The SMILES string of the molecule is CC1(C)COC(C2(N)C=Cc3ncnc(N)c3C2)=N1. The molecular weight excluding hydrogens is 242 g/mol. The first-order valence-corrected chi connectivity index (χ1v) is 6.20. The van der Waals surface area contributed by atoms with Gasteiger partial charge in [-0.15, -0.1) is 0 Å². The molecule has 0 spiro atoms. The van der Waals surface area contributed by atoms with Gasteiger partial charge in [0, 0.05) is 12.0 Å². The van der Waals surface area contributed by atoms with Crippen molar-refractivity contribution < 1.29 is 4.74 Å². The first-order valence-electron chi connectivity index (χ1n) is 6.20. The number of nitrogen functional groups attached to an aromatic ring is 1. The average Bonchev–Trinajstić information content (AvgIpc) is 2.72. The van der Waals surface area contributed by atoms with E-state index in [4.69, 9.17) is 16.2 Å². The summed E-state index contributed by atoms with van der Waals surface area (Å²) in [6.45, 7) is 4.57. The minimum Gasteiger partial charge on any atom is -0.477 e. The van der Waals surface area contributed by atoms with Gasteiger partial charge in [0.15, 0.2) is 0 Å². The summed E-state index contributed by atoms with van der Waals surface area (Å²) in [5, 5.41) is 0. The first-order chi connectivity index (χ1) is 8.90. The molecule has 1 aromatic rings. The zero-order valence-corrected chi connectivity index (χ0v) is 11.1. The number of nitrogens with zero attached hydrogens (tertiary/aromatic N) is 3. The molecule has 0 amide bonds. The number of aromatic nitrogens is 2. The molecule has 1 aliphatic heterocycles. The zero-order valence-electron chi connectivity index (χ0n) is 11.1. The van der Waals surface area contributed by atoms with Crippen molar-refractivity contribution in [1.29, 1.82) is 0 Å². The van der Waals surface area contributed by atoms with E-state index in [1.165, 1.54) is 6.33 Å². The van der Waals surface area contributed by atoms with Crippen molar-refractivity contribution in [3.05, 3.63) is 23.7 Å². The molecule has 100 valence electrons. The van der Waals surface area contributed by atoms with Crippen LogP contribution in [0.5, 0.6) is 0 Å². The fraction of sp³-hybridized carbons (Fsp3) is 0.462. The van der Waals surface area contributed by atoms with Gasteiger partial charge in [0.25, 0.3) is 0 Å². The Kier molecular flexibility index (Phi) is 2.40.